The van der Waals surface area contributed by atoms with Gasteiger partial charge in [0.2, 0.25) is 0 Å². The SMILES string of the molecule is Cn1cc(-c2nc(COC(=O)CCNC(=O)c3cccs3)cs2)cn1. The van der Waals surface area contributed by atoms with Gasteiger partial charge in [-0.1, -0.05) is 6.07 Å². The van der Waals surface area contributed by atoms with Gasteiger partial charge in [0.05, 0.1) is 23.2 Å². The maximum Gasteiger partial charge on any atom is 0.307 e. The second kappa shape index (κ2) is 8.04. The zero-order valence-electron chi connectivity index (χ0n) is 13.5. The van der Waals surface area contributed by atoms with E-state index in [1.165, 1.54) is 22.7 Å². The van der Waals surface area contributed by atoms with Gasteiger partial charge in [0, 0.05) is 30.7 Å². The maximum atomic E-state index is 11.8. The molecule has 1 N–H and O–H groups in total. The van der Waals surface area contributed by atoms with Gasteiger partial charge in [-0.15, -0.1) is 22.7 Å². The maximum absolute atomic E-state index is 11.8. The number of aryl methyl sites for hydroxylation is 1. The average molecular weight is 376 g/mol. The van der Waals surface area contributed by atoms with Gasteiger partial charge < -0.3 is 10.1 Å². The molecule has 0 radical (unpaired) electrons. The molecule has 0 aliphatic rings. The Morgan fingerprint density at radius 2 is 2.24 bits per heavy atom. The van der Waals surface area contributed by atoms with Crippen LogP contribution in [0.4, 0.5) is 0 Å². The van der Waals surface area contributed by atoms with Crippen molar-refractivity contribution < 1.29 is 14.3 Å². The molecule has 0 unspecified atom stereocenters. The average Bonchev–Trinajstić information content (AvgIpc) is 3.34. The topological polar surface area (TPSA) is 86.1 Å². The fraction of sp³-hybridized carbons (Fsp3) is 0.250. The monoisotopic (exact) mass is 376 g/mol. The van der Waals surface area contributed by atoms with Crippen molar-refractivity contribution >= 4 is 34.6 Å². The van der Waals surface area contributed by atoms with E-state index in [2.05, 4.69) is 15.4 Å². The lowest BCUT2D eigenvalue weighted by Gasteiger charge is -2.04. The van der Waals surface area contributed by atoms with Crippen LogP contribution in [0, 0.1) is 0 Å². The molecule has 3 aromatic heterocycles. The second-order valence-corrected chi connectivity index (χ2v) is 7.00. The van der Waals surface area contributed by atoms with Gasteiger partial charge in [0.1, 0.15) is 11.6 Å². The third-order valence-corrected chi connectivity index (χ3v) is 5.05. The van der Waals surface area contributed by atoms with Gasteiger partial charge in [0.15, 0.2) is 0 Å². The van der Waals surface area contributed by atoms with E-state index >= 15 is 0 Å². The normalized spacial score (nSPS) is 10.6. The summed E-state index contributed by atoms with van der Waals surface area (Å²) in [5.41, 5.74) is 1.63. The lowest BCUT2D eigenvalue weighted by atomic mass is 10.4. The number of amides is 1. The van der Waals surface area contributed by atoms with Crippen LogP contribution in [0.2, 0.25) is 0 Å². The first-order chi connectivity index (χ1) is 12.1. The summed E-state index contributed by atoms with van der Waals surface area (Å²) in [6, 6.07) is 3.54. The molecule has 130 valence electrons. The predicted molar refractivity (Wildman–Crippen MR) is 95.4 cm³/mol. The molecule has 0 spiro atoms. The molecular formula is C16H16N4O3S2. The van der Waals surface area contributed by atoms with Crippen LogP contribution in [0.5, 0.6) is 0 Å². The summed E-state index contributed by atoms with van der Waals surface area (Å²) in [7, 11) is 1.84. The molecule has 0 fully saturated rings. The van der Waals surface area contributed by atoms with Crippen LogP contribution < -0.4 is 5.32 Å². The first-order valence-electron chi connectivity index (χ1n) is 7.52. The highest BCUT2D eigenvalue weighted by molar-refractivity contribution is 7.13. The van der Waals surface area contributed by atoms with E-state index < -0.39 is 0 Å². The zero-order chi connectivity index (χ0) is 17.6. The number of hydrogen-bond donors (Lipinski definition) is 1. The molecule has 9 heteroatoms. The highest BCUT2D eigenvalue weighted by Gasteiger charge is 2.10. The Morgan fingerprint density at radius 3 is 2.96 bits per heavy atom. The van der Waals surface area contributed by atoms with Crippen LogP contribution in [-0.2, 0) is 23.2 Å². The van der Waals surface area contributed by atoms with E-state index in [0.717, 1.165) is 10.6 Å². The Labute approximate surface area is 152 Å². The van der Waals surface area contributed by atoms with Gasteiger partial charge in [0.25, 0.3) is 5.91 Å². The molecule has 1 amide bonds. The highest BCUT2D eigenvalue weighted by Crippen LogP contribution is 2.23. The quantitative estimate of drug-likeness (QED) is 0.640. The van der Waals surface area contributed by atoms with E-state index in [-0.39, 0.29) is 31.4 Å². The molecule has 3 aromatic rings. The molecule has 0 atom stereocenters. The smallest absolute Gasteiger partial charge is 0.307 e. The number of nitrogens with zero attached hydrogens (tertiary/aromatic N) is 3. The summed E-state index contributed by atoms with van der Waals surface area (Å²) in [6.07, 6.45) is 3.74. The number of ether oxygens (including phenoxy) is 1. The van der Waals surface area contributed by atoms with Crippen molar-refractivity contribution in [3.63, 3.8) is 0 Å². The first-order valence-corrected chi connectivity index (χ1v) is 9.28. The van der Waals surface area contributed by atoms with Gasteiger partial charge in [-0.2, -0.15) is 5.10 Å². The summed E-state index contributed by atoms with van der Waals surface area (Å²) in [4.78, 5) is 28.5. The largest absolute Gasteiger partial charge is 0.459 e. The molecule has 0 aliphatic heterocycles. The molecular weight excluding hydrogens is 360 g/mol. The molecule has 7 nitrogen and oxygen atoms in total. The number of aromatic nitrogens is 3. The minimum atomic E-state index is -0.373. The summed E-state index contributed by atoms with van der Waals surface area (Å²) in [5, 5.41) is 11.3. The Kier molecular flexibility index (Phi) is 5.56. The van der Waals surface area contributed by atoms with Gasteiger partial charge in [-0.05, 0) is 11.4 Å². The number of carbonyl (C=O) groups excluding carboxylic acids is 2. The number of rotatable bonds is 7. The zero-order valence-corrected chi connectivity index (χ0v) is 15.1. The Hall–Kier alpha value is -2.52. The molecule has 0 aromatic carbocycles. The summed E-state index contributed by atoms with van der Waals surface area (Å²) in [6.45, 7) is 0.363. The lowest BCUT2D eigenvalue weighted by Crippen LogP contribution is -2.25. The lowest BCUT2D eigenvalue weighted by molar-refractivity contribution is -0.144. The Bertz CT molecular complexity index is 855. The van der Waals surface area contributed by atoms with E-state index in [9.17, 15) is 9.59 Å². The van der Waals surface area contributed by atoms with Crippen molar-refractivity contribution in [3.8, 4) is 10.6 Å². The van der Waals surface area contributed by atoms with E-state index in [4.69, 9.17) is 4.74 Å². The van der Waals surface area contributed by atoms with Crippen LogP contribution in [0.15, 0.2) is 35.3 Å². The predicted octanol–water partition coefficient (Wildman–Crippen LogP) is 2.47. The number of carbonyl (C=O) groups is 2. The fourth-order valence-corrected chi connectivity index (χ4v) is 3.46. The minimum absolute atomic E-state index is 0.120. The van der Waals surface area contributed by atoms with Crippen molar-refractivity contribution in [2.24, 2.45) is 7.05 Å². The third-order valence-electron chi connectivity index (χ3n) is 3.24. The van der Waals surface area contributed by atoms with Gasteiger partial charge in [-0.3, -0.25) is 14.3 Å². The van der Waals surface area contributed by atoms with Crippen LogP contribution in [0.25, 0.3) is 10.6 Å². The molecule has 3 heterocycles. The second-order valence-electron chi connectivity index (χ2n) is 5.19. The Morgan fingerprint density at radius 1 is 1.36 bits per heavy atom. The summed E-state index contributed by atoms with van der Waals surface area (Å²) >= 11 is 2.83. The van der Waals surface area contributed by atoms with Crippen LogP contribution in [0.3, 0.4) is 0 Å². The minimum Gasteiger partial charge on any atom is -0.459 e. The fourth-order valence-electron chi connectivity index (χ4n) is 2.04. The van der Waals surface area contributed by atoms with Crippen molar-refractivity contribution in [2.75, 3.05) is 6.54 Å². The summed E-state index contributed by atoms with van der Waals surface area (Å²) in [5.74, 6) is -0.550. The third kappa shape index (κ3) is 4.74. The Balaban J connectivity index is 1.40. The van der Waals surface area contributed by atoms with Crippen molar-refractivity contribution in [1.82, 2.24) is 20.1 Å². The van der Waals surface area contributed by atoms with Crippen LogP contribution in [-0.4, -0.2) is 33.2 Å². The molecule has 0 saturated heterocycles. The van der Waals surface area contributed by atoms with Crippen molar-refractivity contribution in [2.45, 2.75) is 13.0 Å². The number of esters is 1. The van der Waals surface area contributed by atoms with Gasteiger partial charge >= 0.3 is 5.97 Å². The molecule has 3 rings (SSSR count). The van der Waals surface area contributed by atoms with E-state index in [0.29, 0.717) is 10.6 Å². The van der Waals surface area contributed by atoms with Crippen LogP contribution >= 0.6 is 22.7 Å². The standard InChI is InChI=1S/C16H16N4O3S2/c1-20-8-11(7-18-20)16-19-12(10-25-16)9-23-14(21)4-5-17-15(22)13-3-2-6-24-13/h2-3,6-8,10H,4-5,9H2,1H3,(H,17,22). The molecule has 25 heavy (non-hydrogen) atoms. The van der Waals surface area contributed by atoms with E-state index in [1.54, 1.807) is 16.9 Å². The van der Waals surface area contributed by atoms with Crippen molar-refractivity contribution in [3.05, 3.63) is 45.9 Å². The molecule has 0 saturated carbocycles. The van der Waals surface area contributed by atoms with Gasteiger partial charge in [-0.25, -0.2) is 4.98 Å². The number of thiophene rings is 1. The summed E-state index contributed by atoms with van der Waals surface area (Å²) < 4.78 is 6.90. The van der Waals surface area contributed by atoms with E-state index in [1.807, 2.05) is 30.1 Å². The first kappa shape index (κ1) is 17.3. The number of hydrogen-bond acceptors (Lipinski definition) is 7. The molecule has 0 bridgehead atoms. The highest BCUT2D eigenvalue weighted by atomic mass is 32.1. The van der Waals surface area contributed by atoms with Crippen molar-refractivity contribution in [1.29, 1.82) is 0 Å². The number of thiazole rings is 1. The van der Waals surface area contributed by atoms with Crippen LogP contribution in [0.1, 0.15) is 21.8 Å². The number of nitrogens with one attached hydrogen (secondary N) is 1. The molecule has 0 aliphatic carbocycles.